The summed E-state index contributed by atoms with van der Waals surface area (Å²) in [5, 5.41) is 5.10. The fourth-order valence-electron chi connectivity index (χ4n) is 1.48. The maximum atomic E-state index is 11.8. The highest BCUT2D eigenvalue weighted by Gasteiger charge is 2.17. The third kappa shape index (κ3) is 4.15. The Hall–Kier alpha value is -2.24. The van der Waals surface area contributed by atoms with Crippen molar-refractivity contribution in [3.8, 4) is 11.5 Å². The first kappa shape index (κ1) is 15.8. The van der Waals surface area contributed by atoms with Gasteiger partial charge in [0.1, 0.15) is 11.5 Å². The topological polar surface area (TPSA) is 76.7 Å². The van der Waals surface area contributed by atoms with Crippen molar-refractivity contribution in [2.45, 2.75) is 26.3 Å². The summed E-state index contributed by atoms with van der Waals surface area (Å²) >= 11 is 0. The highest BCUT2D eigenvalue weighted by atomic mass is 16.5. The number of carbonyl (C=O) groups excluding carboxylic acids is 2. The number of hydrogen-bond acceptors (Lipinski definition) is 4. The predicted molar refractivity (Wildman–Crippen MR) is 76.1 cm³/mol. The second-order valence-corrected chi connectivity index (χ2v) is 4.30. The van der Waals surface area contributed by atoms with E-state index in [0.29, 0.717) is 17.2 Å². The summed E-state index contributed by atoms with van der Waals surface area (Å²) in [6.07, 6.45) is 0.751. The number of rotatable bonds is 5. The highest BCUT2D eigenvalue weighted by molar-refractivity contribution is 6.39. The van der Waals surface area contributed by atoms with Crippen LogP contribution in [0.2, 0.25) is 0 Å². The summed E-state index contributed by atoms with van der Waals surface area (Å²) in [5.74, 6) is -0.403. The zero-order chi connectivity index (χ0) is 15.1. The summed E-state index contributed by atoms with van der Waals surface area (Å²) < 4.78 is 10.2. The number of benzene rings is 1. The lowest BCUT2D eigenvalue weighted by Gasteiger charge is -2.13. The first-order chi connectivity index (χ1) is 9.51. The molecule has 1 aromatic rings. The van der Waals surface area contributed by atoms with Gasteiger partial charge in [-0.15, -0.1) is 0 Å². The second-order valence-electron chi connectivity index (χ2n) is 4.30. The van der Waals surface area contributed by atoms with Gasteiger partial charge in [0.2, 0.25) is 0 Å². The van der Waals surface area contributed by atoms with Gasteiger partial charge in [-0.1, -0.05) is 6.92 Å². The van der Waals surface area contributed by atoms with Crippen molar-refractivity contribution in [3.05, 3.63) is 18.2 Å². The number of carbonyl (C=O) groups is 2. The van der Waals surface area contributed by atoms with Crippen molar-refractivity contribution in [1.29, 1.82) is 0 Å². The Morgan fingerprint density at radius 3 is 2.45 bits per heavy atom. The maximum Gasteiger partial charge on any atom is 0.313 e. The van der Waals surface area contributed by atoms with Crippen LogP contribution in [-0.4, -0.2) is 32.1 Å². The molecule has 2 N–H and O–H groups in total. The second kappa shape index (κ2) is 7.37. The molecular formula is C14H20N2O4. The molecule has 1 aromatic carbocycles. The molecule has 6 nitrogen and oxygen atoms in total. The Morgan fingerprint density at radius 1 is 1.20 bits per heavy atom. The van der Waals surface area contributed by atoms with E-state index in [0.717, 1.165) is 6.42 Å². The SMILES string of the molecule is CC[C@H](C)NC(=O)C(=O)Nc1cc(OC)ccc1OC. The predicted octanol–water partition coefficient (Wildman–Crippen LogP) is 1.56. The molecule has 0 radical (unpaired) electrons. The quantitative estimate of drug-likeness (QED) is 0.802. The average Bonchev–Trinajstić information content (AvgIpc) is 2.46. The lowest BCUT2D eigenvalue weighted by atomic mass is 10.2. The molecule has 0 aliphatic rings. The van der Waals surface area contributed by atoms with Gasteiger partial charge in [-0.05, 0) is 25.5 Å². The molecule has 1 atom stereocenters. The van der Waals surface area contributed by atoms with Crippen molar-refractivity contribution >= 4 is 17.5 Å². The van der Waals surface area contributed by atoms with Crippen LogP contribution in [0.5, 0.6) is 11.5 Å². The summed E-state index contributed by atoms with van der Waals surface area (Å²) in [6.45, 7) is 3.76. The van der Waals surface area contributed by atoms with E-state index in [4.69, 9.17) is 9.47 Å². The normalized spacial score (nSPS) is 11.4. The number of amides is 2. The van der Waals surface area contributed by atoms with Gasteiger partial charge in [0.25, 0.3) is 0 Å². The van der Waals surface area contributed by atoms with E-state index >= 15 is 0 Å². The van der Waals surface area contributed by atoms with Gasteiger partial charge in [-0.2, -0.15) is 0 Å². The molecule has 20 heavy (non-hydrogen) atoms. The first-order valence-electron chi connectivity index (χ1n) is 6.35. The fourth-order valence-corrected chi connectivity index (χ4v) is 1.48. The van der Waals surface area contributed by atoms with Crippen LogP contribution in [0.3, 0.4) is 0 Å². The average molecular weight is 280 g/mol. The molecule has 1 rings (SSSR count). The van der Waals surface area contributed by atoms with E-state index < -0.39 is 11.8 Å². The van der Waals surface area contributed by atoms with Crippen molar-refractivity contribution in [3.63, 3.8) is 0 Å². The largest absolute Gasteiger partial charge is 0.497 e. The molecule has 0 heterocycles. The molecule has 0 unspecified atom stereocenters. The minimum absolute atomic E-state index is 0.0551. The molecule has 0 aliphatic carbocycles. The molecule has 0 aromatic heterocycles. The fraction of sp³-hybridized carbons (Fsp3) is 0.429. The molecule has 0 bridgehead atoms. The van der Waals surface area contributed by atoms with Crippen LogP contribution in [0.15, 0.2) is 18.2 Å². The summed E-state index contributed by atoms with van der Waals surface area (Å²) in [7, 11) is 3.00. The summed E-state index contributed by atoms with van der Waals surface area (Å²) in [4.78, 5) is 23.5. The zero-order valence-corrected chi connectivity index (χ0v) is 12.1. The number of nitrogens with one attached hydrogen (secondary N) is 2. The van der Waals surface area contributed by atoms with Crippen LogP contribution in [0.25, 0.3) is 0 Å². The highest BCUT2D eigenvalue weighted by Crippen LogP contribution is 2.28. The molecule has 0 saturated heterocycles. The standard InChI is InChI=1S/C14H20N2O4/c1-5-9(2)15-13(17)14(18)16-11-8-10(19-3)6-7-12(11)20-4/h6-9H,5H2,1-4H3,(H,15,17)(H,16,18)/t9-/m0/s1. The van der Waals surface area contributed by atoms with Gasteiger partial charge < -0.3 is 20.1 Å². The molecule has 0 fully saturated rings. The number of anilines is 1. The number of ether oxygens (including phenoxy) is 2. The Morgan fingerprint density at radius 2 is 1.90 bits per heavy atom. The van der Waals surface area contributed by atoms with E-state index in [-0.39, 0.29) is 6.04 Å². The smallest absolute Gasteiger partial charge is 0.313 e. The minimum atomic E-state index is -0.739. The maximum absolute atomic E-state index is 11.8. The van der Waals surface area contributed by atoms with Gasteiger partial charge in [-0.25, -0.2) is 0 Å². The van der Waals surface area contributed by atoms with Gasteiger partial charge in [0.05, 0.1) is 19.9 Å². The first-order valence-corrected chi connectivity index (χ1v) is 6.35. The molecular weight excluding hydrogens is 260 g/mol. The van der Waals surface area contributed by atoms with Crippen LogP contribution in [0.1, 0.15) is 20.3 Å². The molecule has 2 amide bonds. The van der Waals surface area contributed by atoms with E-state index in [1.54, 1.807) is 18.2 Å². The van der Waals surface area contributed by atoms with Gasteiger partial charge in [0.15, 0.2) is 0 Å². The monoisotopic (exact) mass is 280 g/mol. The van der Waals surface area contributed by atoms with Crippen LogP contribution in [-0.2, 0) is 9.59 Å². The van der Waals surface area contributed by atoms with Gasteiger partial charge >= 0.3 is 11.8 Å². The molecule has 6 heteroatoms. The molecule has 0 aliphatic heterocycles. The van der Waals surface area contributed by atoms with Gasteiger partial charge in [0, 0.05) is 12.1 Å². The van der Waals surface area contributed by atoms with E-state index in [9.17, 15) is 9.59 Å². The molecule has 110 valence electrons. The van der Waals surface area contributed by atoms with Crippen molar-refractivity contribution in [1.82, 2.24) is 5.32 Å². The van der Waals surface area contributed by atoms with E-state index in [1.165, 1.54) is 14.2 Å². The van der Waals surface area contributed by atoms with Crippen LogP contribution in [0.4, 0.5) is 5.69 Å². The minimum Gasteiger partial charge on any atom is -0.497 e. The van der Waals surface area contributed by atoms with Gasteiger partial charge in [-0.3, -0.25) is 9.59 Å². The summed E-state index contributed by atoms with van der Waals surface area (Å²) in [6, 6.07) is 4.89. The Labute approximate surface area is 118 Å². The van der Waals surface area contributed by atoms with Crippen molar-refractivity contribution in [2.75, 3.05) is 19.5 Å². The van der Waals surface area contributed by atoms with Crippen molar-refractivity contribution in [2.24, 2.45) is 0 Å². The Kier molecular flexibility index (Phi) is 5.83. The summed E-state index contributed by atoms with van der Waals surface area (Å²) in [5.41, 5.74) is 0.385. The number of hydrogen-bond donors (Lipinski definition) is 2. The third-order valence-electron chi connectivity index (χ3n) is 2.85. The Balaban J connectivity index is 2.81. The zero-order valence-electron chi connectivity index (χ0n) is 12.1. The molecule has 0 spiro atoms. The Bertz CT molecular complexity index is 488. The van der Waals surface area contributed by atoms with Crippen LogP contribution in [0, 0.1) is 0 Å². The number of methoxy groups -OCH3 is 2. The van der Waals surface area contributed by atoms with E-state index in [2.05, 4.69) is 10.6 Å². The van der Waals surface area contributed by atoms with Crippen LogP contribution < -0.4 is 20.1 Å². The van der Waals surface area contributed by atoms with Crippen LogP contribution >= 0.6 is 0 Å². The third-order valence-corrected chi connectivity index (χ3v) is 2.85. The van der Waals surface area contributed by atoms with E-state index in [1.807, 2.05) is 13.8 Å². The molecule has 0 saturated carbocycles. The van der Waals surface area contributed by atoms with Crippen molar-refractivity contribution < 1.29 is 19.1 Å². The lowest BCUT2D eigenvalue weighted by Crippen LogP contribution is -2.40. The lowest BCUT2D eigenvalue weighted by molar-refractivity contribution is -0.136.